The molecule has 1 N–H and O–H groups in total. The van der Waals surface area contributed by atoms with Crippen molar-refractivity contribution in [1.29, 1.82) is 0 Å². The number of methoxy groups -OCH3 is 2. The smallest absolute Gasteiger partial charge is 0.245 e. The molecule has 0 spiro atoms. The number of ether oxygens (including phenoxy) is 2. The van der Waals surface area contributed by atoms with Gasteiger partial charge in [0.05, 0.1) is 31.9 Å². The van der Waals surface area contributed by atoms with E-state index in [1.54, 1.807) is 18.2 Å². The van der Waals surface area contributed by atoms with Crippen molar-refractivity contribution in [3.05, 3.63) is 47.0 Å². The fourth-order valence-corrected chi connectivity index (χ4v) is 4.12. The minimum atomic E-state index is -3.67. The fourth-order valence-electron chi connectivity index (χ4n) is 3.15. The van der Waals surface area contributed by atoms with Gasteiger partial charge in [-0.25, -0.2) is 8.42 Å². The van der Waals surface area contributed by atoms with E-state index in [2.05, 4.69) is 5.32 Å². The van der Waals surface area contributed by atoms with Gasteiger partial charge in [-0.15, -0.1) is 0 Å². The highest BCUT2D eigenvalue weighted by molar-refractivity contribution is 7.92. The minimum absolute atomic E-state index is 0.348. The van der Waals surface area contributed by atoms with Crippen LogP contribution in [0.5, 0.6) is 11.5 Å². The third-order valence-electron chi connectivity index (χ3n) is 4.26. The van der Waals surface area contributed by atoms with Gasteiger partial charge >= 0.3 is 0 Å². The maximum atomic E-state index is 12.7. The molecule has 0 saturated carbocycles. The Morgan fingerprint density at radius 2 is 1.64 bits per heavy atom. The molecule has 0 aromatic heterocycles. The van der Waals surface area contributed by atoms with Gasteiger partial charge in [-0.3, -0.25) is 9.10 Å². The first kappa shape index (κ1) is 21.6. The van der Waals surface area contributed by atoms with Gasteiger partial charge in [-0.1, -0.05) is 17.7 Å². The van der Waals surface area contributed by atoms with Crippen LogP contribution < -0.4 is 19.1 Å². The number of sulfonamides is 1. The summed E-state index contributed by atoms with van der Waals surface area (Å²) < 4.78 is 36.4. The molecule has 0 aliphatic heterocycles. The van der Waals surface area contributed by atoms with Crippen LogP contribution in [0.15, 0.2) is 30.3 Å². The molecule has 2 aromatic carbocycles. The van der Waals surface area contributed by atoms with Crippen molar-refractivity contribution in [1.82, 2.24) is 0 Å². The van der Waals surface area contributed by atoms with E-state index in [1.807, 2.05) is 32.9 Å². The van der Waals surface area contributed by atoms with Crippen LogP contribution in [0.25, 0.3) is 0 Å². The first-order valence-electron chi connectivity index (χ1n) is 8.64. The molecule has 0 atom stereocenters. The van der Waals surface area contributed by atoms with E-state index < -0.39 is 15.9 Å². The largest absolute Gasteiger partial charge is 0.497 e. The quantitative estimate of drug-likeness (QED) is 0.764. The molecule has 0 saturated heterocycles. The molecule has 28 heavy (non-hydrogen) atoms. The molecule has 1 amide bonds. The first-order chi connectivity index (χ1) is 13.1. The number of hydrogen-bond acceptors (Lipinski definition) is 5. The summed E-state index contributed by atoms with van der Waals surface area (Å²) in [5.74, 6) is 0.521. The molecule has 152 valence electrons. The van der Waals surface area contributed by atoms with Crippen LogP contribution in [0, 0.1) is 20.8 Å². The Bertz CT molecular complexity index is 963. The molecule has 0 aliphatic carbocycles. The third-order valence-corrected chi connectivity index (χ3v) is 5.37. The molecular formula is C20H26N2O5S. The van der Waals surface area contributed by atoms with E-state index in [1.165, 1.54) is 14.2 Å². The van der Waals surface area contributed by atoms with E-state index in [-0.39, 0.29) is 6.54 Å². The van der Waals surface area contributed by atoms with Crippen LogP contribution in [-0.2, 0) is 14.8 Å². The molecule has 8 heteroatoms. The zero-order chi connectivity index (χ0) is 21.1. The van der Waals surface area contributed by atoms with Crippen molar-refractivity contribution in [2.45, 2.75) is 20.8 Å². The molecule has 2 rings (SSSR count). The molecule has 0 bridgehead atoms. The Labute approximate surface area is 166 Å². The Balaban J connectivity index is 2.34. The van der Waals surface area contributed by atoms with Gasteiger partial charge in [-0.2, -0.15) is 0 Å². The van der Waals surface area contributed by atoms with Crippen molar-refractivity contribution in [2.24, 2.45) is 0 Å². The molecule has 7 nitrogen and oxygen atoms in total. The van der Waals surface area contributed by atoms with Gasteiger partial charge < -0.3 is 14.8 Å². The number of nitrogens with one attached hydrogen (secondary N) is 1. The third kappa shape index (κ3) is 4.95. The number of nitrogens with zero attached hydrogens (tertiary/aromatic N) is 1. The summed E-state index contributed by atoms with van der Waals surface area (Å²) in [6.45, 7) is 5.26. The summed E-state index contributed by atoms with van der Waals surface area (Å²) in [7, 11) is -0.659. The summed E-state index contributed by atoms with van der Waals surface area (Å²) >= 11 is 0. The zero-order valence-electron chi connectivity index (χ0n) is 17.0. The van der Waals surface area contributed by atoms with Gasteiger partial charge in [0.1, 0.15) is 18.0 Å². The average molecular weight is 407 g/mol. The number of aryl methyl sites for hydroxylation is 3. The minimum Gasteiger partial charge on any atom is -0.497 e. The van der Waals surface area contributed by atoms with Gasteiger partial charge in [0.15, 0.2) is 0 Å². The molecule has 0 fully saturated rings. The highest BCUT2D eigenvalue weighted by atomic mass is 32.2. The highest BCUT2D eigenvalue weighted by Crippen LogP contribution is 2.30. The monoisotopic (exact) mass is 406 g/mol. The van der Waals surface area contributed by atoms with E-state index in [0.717, 1.165) is 27.3 Å². The van der Waals surface area contributed by atoms with Crippen molar-refractivity contribution < 1.29 is 22.7 Å². The van der Waals surface area contributed by atoms with Crippen molar-refractivity contribution in [3.63, 3.8) is 0 Å². The van der Waals surface area contributed by atoms with Crippen LogP contribution in [-0.4, -0.2) is 41.3 Å². The zero-order valence-corrected chi connectivity index (χ0v) is 17.8. The Kier molecular flexibility index (Phi) is 6.56. The van der Waals surface area contributed by atoms with Crippen molar-refractivity contribution >= 4 is 27.3 Å². The number of carbonyl (C=O) groups is 1. The summed E-state index contributed by atoms with van der Waals surface area (Å²) in [4.78, 5) is 12.7. The summed E-state index contributed by atoms with van der Waals surface area (Å²) in [6, 6.07) is 8.75. The lowest BCUT2D eigenvalue weighted by Crippen LogP contribution is -2.38. The average Bonchev–Trinajstić information content (AvgIpc) is 2.59. The second-order valence-corrected chi connectivity index (χ2v) is 8.54. The van der Waals surface area contributed by atoms with Gasteiger partial charge in [-0.05, 0) is 44.0 Å². The number of benzene rings is 2. The Morgan fingerprint density at radius 1 is 1.04 bits per heavy atom. The predicted octanol–water partition coefficient (Wildman–Crippen LogP) is 3.03. The standard InChI is InChI=1S/C20H26N2O5S/c1-13-9-14(2)20(15(3)10-13)22(28(6,24)25)12-19(23)21-17-8-7-16(26-4)11-18(17)27-5/h7-11H,12H2,1-6H3,(H,21,23). The Hall–Kier alpha value is -2.74. The van der Waals surface area contributed by atoms with Gasteiger partial charge in [0.25, 0.3) is 0 Å². The summed E-state index contributed by atoms with van der Waals surface area (Å²) in [6.07, 6.45) is 1.09. The fraction of sp³-hybridized carbons (Fsp3) is 0.350. The van der Waals surface area contributed by atoms with E-state index in [0.29, 0.717) is 22.9 Å². The molecule has 0 aliphatic rings. The van der Waals surface area contributed by atoms with Gasteiger partial charge in [0.2, 0.25) is 15.9 Å². The van der Waals surface area contributed by atoms with Crippen LogP contribution in [0.2, 0.25) is 0 Å². The first-order valence-corrected chi connectivity index (χ1v) is 10.5. The molecule has 0 heterocycles. The normalized spacial score (nSPS) is 11.1. The lowest BCUT2D eigenvalue weighted by molar-refractivity contribution is -0.114. The summed E-state index contributed by atoms with van der Waals surface area (Å²) in [5.41, 5.74) is 3.55. The van der Waals surface area contributed by atoms with E-state index in [4.69, 9.17) is 9.47 Å². The maximum Gasteiger partial charge on any atom is 0.245 e. The molecular weight excluding hydrogens is 380 g/mol. The SMILES string of the molecule is COc1ccc(NC(=O)CN(c2c(C)cc(C)cc2C)S(C)(=O)=O)c(OC)c1. The van der Waals surface area contributed by atoms with Crippen LogP contribution in [0.4, 0.5) is 11.4 Å². The van der Waals surface area contributed by atoms with Crippen molar-refractivity contribution in [3.8, 4) is 11.5 Å². The second-order valence-electron chi connectivity index (χ2n) is 6.63. The lowest BCUT2D eigenvalue weighted by atomic mass is 10.1. The summed E-state index contributed by atoms with van der Waals surface area (Å²) in [5, 5.41) is 2.71. The number of anilines is 2. The molecule has 0 unspecified atom stereocenters. The topological polar surface area (TPSA) is 84.9 Å². The van der Waals surface area contributed by atoms with E-state index >= 15 is 0 Å². The predicted molar refractivity (Wildman–Crippen MR) is 111 cm³/mol. The van der Waals surface area contributed by atoms with Crippen molar-refractivity contribution in [2.75, 3.05) is 36.6 Å². The van der Waals surface area contributed by atoms with Gasteiger partial charge in [0, 0.05) is 6.07 Å². The van der Waals surface area contributed by atoms with Crippen LogP contribution in [0.3, 0.4) is 0 Å². The van der Waals surface area contributed by atoms with Crippen LogP contribution in [0.1, 0.15) is 16.7 Å². The highest BCUT2D eigenvalue weighted by Gasteiger charge is 2.24. The number of rotatable bonds is 7. The van der Waals surface area contributed by atoms with Crippen LogP contribution >= 0.6 is 0 Å². The number of carbonyl (C=O) groups excluding carboxylic acids is 1. The van der Waals surface area contributed by atoms with E-state index in [9.17, 15) is 13.2 Å². The molecule has 0 radical (unpaired) electrons. The Morgan fingerprint density at radius 3 is 2.14 bits per heavy atom. The maximum absolute atomic E-state index is 12.7. The molecule has 2 aromatic rings. The lowest BCUT2D eigenvalue weighted by Gasteiger charge is -2.26. The number of hydrogen-bond donors (Lipinski definition) is 1. The number of amides is 1. The second kappa shape index (κ2) is 8.52.